The van der Waals surface area contributed by atoms with Crippen molar-refractivity contribution in [3.05, 3.63) is 41.0 Å². The summed E-state index contributed by atoms with van der Waals surface area (Å²) >= 11 is 2.86. The van der Waals surface area contributed by atoms with Crippen LogP contribution in [0.2, 0.25) is 0 Å². The maximum Gasteiger partial charge on any atom is 0.180 e. The predicted molar refractivity (Wildman–Crippen MR) is 150 cm³/mol. The van der Waals surface area contributed by atoms with E-state index >= 15 is 0 Å². The fourth-order valence-electron chi connectivity index (χ4n) is 4.50. The molecule has 2 fully saturated rings. The van der Waals surface area contributed by atoms with Gasteiger partial charge in [0.2, 0.25) is 0 Å². The highest BCUT2D eigenvalue weighted by Crippen LogP contribution is 2.33. The van der Waals surface area contributed by atoms with E-state index in [9.17, 15) is 4.79 Å². The molecule has 11 heteroatoms. The standard InChI is InChI=1S/C20H18N6O2S2.C6H13N/c27-10-19-25-26-20(30-19)14-9-21-18(8-16(14)23-12-3-5-28-6-4-12)24-13-1-2-15-17(7-13)29-11-22-15;1-6-3-4-7(2)5-6/h1-2,7-12H,3-6H2,(H2,21,23,24);6H,3-5H2,1-2H3. The lowest BCUT2D eigenvalue weighted by Crippen LogP contribution is -2.28. The van der Waals surface area contributed by atoms with Gasteiger partial charge in [0, 0.05) is 49.4 Å². The van der Waals surface area contributed by atoms with Gasteiger partial charge in [0.1, 0.15) is 5.82 Å². The summed E-state index contributed by atoms with van der Waals surface area (Å²) in [7, 11) is 2.18. The molecule has 1 unspecified atom stereocenters. The van der Waals surface area contributed by atoms with E-state index in [2.05, 4.69) is 55.7 Å². The summed E-state index contributed by atoms with van der Waals surface area (Å²) in [6, 6.07) is 8.33. The van der Waals surface area contributed by atoms with E-state index < -0.39 is 0 Å². The Bertz CT molecular complexity index is 1330. The third-order valence-corrected chi connectivity index (χ3v) is 8.16. The molecule has 1 aromatic carbocycles. The average molecular weight is 538 g/mol. The molecule has 0 spiro atoms. The maximum atomic E-state index is 11.0. The third kappa shape index (κ3) is 6.67. The maximum absolute atomic E-state index is 11.0. The molecule has 2 N–H and O–H groups in total. The number of pyridine rings is 1. The number of anilines is 3. The number of hydrogen-bond acceptors (Lipinski definition) is 11. The number of nitrogens with one attached hydrogen (secondary N) is 2. The number of benzene rings is 1. The van der Waals surface area contributed by atoms with Crippen molar-refractivity contribution in [3.8, 4) is 10.6 Å². The van der Waals surface area contributed by atoms with Crippen LogP contribution in [0.3, 0.4) is 0 Å². The number of likely N-dealkylation sites (tertiary alicyclic amines) is 1. The lowest BCUT2D eigenvalue weighted by molar-refractivity contribution is 0.0904. The van der Waals surface area contributed by atoms with Crippen LogP contribution in [0.1, 0.15) is 36.0 Å². The highest BCUT2D eigenvalue weighted by molar-refractivity contribution is 7.16. The van der Waals surface area contributed by atoms with E-state index in [1.807, 2.05) is 23.7 Å². The molecule has 2 saturated heterocycles. The van der Waals surface area contributed by atoms with Crippen LogP contribution in [-0.2, 0) is 4.74 Å². The third-order valence-electron chi connectivity index (χ3n) is 6.49. The fraction of sp³-hybridized carbons (Fsp3) is 0.423. The van der Waals surface area contributed by atoms with Gasteiger partial charge in [0.05, 0.1) is 21.3 Å². The van der Waals surface area contributed by atoms with Gasteiger partial charge in [-0.25, -0.2) is 9.97 Å². The van der Waals surface area contributed by atoms with E-state index in [4.69, 9.17) is 4.74 Å². The first-order valence-corrected chi connectivity index (χ1v) is 14.2. The molecule has 2 aliphatic heterocycles. The van der Waals surface area contributed by atoms with Gasteiger partial charge in [-0.2, -0.15) is 0 Å². The number of carbonyl (C=O) groups excluding carboxylic acids is 1. The van der Waals surface area contributed by atoms with Crippen molar-refractivity contribution < 1.29 is 9.53 Å². The van der Waals surface area contributed by atoms with Crippen molar-refractivity contribution in [1.82, 2.24) is 25.1 Å². The topological polar surface area (TPSA) is 105 Å². The zero-order valence-corrected chi connectivity index (χ0v) is 22.6. The molecule has 0 saturated carbocycles. The molecule has 6 rings (SSSR count). The molecule has 0 aliphatic carbocycles. The first kappa shape index (κ1) is 25.7. The van der Waals surface area contributed by atoms with Crippen molar-refractivity contribution in [2.24, 2.45) is 5.92 Å². The largest absolute Gasteiger partial charge is 0.381 e. The lowest BCUT2D eigenvalue weighted by atomic mass is 10.1. The van der Waals surface area contributed by atoms with Gasteiger partial charge in [-0.1, -0.05) is 18.3 Å². The van der Waals surface area contributed by atoms with Gasteiger partial charge in [0.15, 0.2) is 16.3 Å². The summed E-state index contributed by atoms with van der Waals surface area (Å²) in [4.78, 5) is 22.3. The number of nitrogens with zero attached hydrogens (tertiary/aromatic N) is 5. The Kier molecular flexibility index (Phi) is 8.34. The van der Waals surface area contributed by atoms with Gasteiger partial charge >= 0.3 is 0 Å². The van der Waals surface area contributed by atoms with Crippen molar-refractivity contribution >= 4 is 56.4 Å². The molecular weight excluding hydrogens is 506 g/mol. The Hall–Kier alpha value is -2.99. The second kappa shape index (κ2) is 12.0. The summed E-state index contributed by atoms with van der Waals surface area (Å²) in [6.45, 7) is 6.41. The summed E-state index contributed by atoms with van der Waals surface area (Å²) in [5, 5.41) is 16.1. The smallest absolute Gasteiger partial charge is 0.180 e. The summed E-state index contributed by atoms with van der Waals surface area (Å²) < 4.78 is 6.59. The van der Waals surface area contributed by atoms with Crippen molar-refractivity contribution in [1.29, 1.82) is 0 Å². The van der Waals surface area contributed by atoms with Gasteiger partial charge in [-0.05, 0) is 57.0 Å². The molecule has 9 nitrogen and oxygen atoms in total. The lowest BCUT2D eigenvalue weighted by Gasteiger charge is -2.25. The SMILES string of the molecule is CC1CCN(C)C1.O=Cc1nnc(-c2cnc(Nc3ccc4ncsc4c3)cc2NC2CCOCC2)s1. The van der Waals surface area contributed by atoms with E-state index in [0.29, 0.717) is 22.3 Å². The zero-order valence-electron chi connectivity index (χ0n) is 21.0. The molecular formula is C26H31N7O2S2. The van der Waals surface area contributed by atoms with E-state index in [0.717, 1.165) is 64.9 Å². The Morgan fingerprint density at radius 1 is 1.14 bits per heavy atom. The fourth-order valence-corrected chi connectivity index (χ4v) is 5.90. The minimum Gasteiger partial charge on any atom is -0.381 e. The molecule has 0 radical (unpaired) electrons. The number of aromatic nitrogens is 4. The first-order valence-electron chi connectivity index (χ1n) is 12.5. The van der Waals surface area contributed by atoms with Crippen LogP contribution in [0.15, 0.2) is 36.0 Å². The molecule has 1 atom stereocenters. The van der Waals surface area contributed by atoms with Crippen LogP contribution in [-0.4, -0.2) is 70.7 Å². The molecule has 0 bridgehead atoms. The minimum atomic E-state index is 0.305. The van der Waals surface area contributed by atoms with Gasteiger partial charge in [-0.15, -0.1) is 21.5 Å². The normalized spacial score (nSPS) is 18.4. The minimum absolute atomic E-state index is 0.305. The summed E-state index contributed by atoms with van der Waals surface area (Å²) in [5.74, 6) is 1.67. The number of rotatable bonds is 6. The van der Waals surface area contributed by atoms with Crippen LogP contribution in [0.25, 0.3) is 20.8 Å². The molecule has 37 heavy (non-hydrogen) atoms. The van der Waals surface area contributed by atoms with E-state index in [1.54, 1.807) is 17.5 Å². The number of aldehydes is 1. The Balaban J connectivity index is 0.000000348. The summed E-state index contributed by atoms with van der Waals surface area (Å²) in [5.41, 5.74) is 5.51. The number of thiazole rings is 1. The quantitative estimate of drug-likeness (QED) is 0.316. The van der Waals surface area contributed by atoms with Crippen LogP contribution >= 0.6 is 22.7 Å². The van der Waals surface area contributed by atoms with Crippen LogP contribution in [0.4, 0.5) is 17.2 Å². The molecule has 5 heterocycles. The second-order valence-corrected chi connectivity index (χ2v) is 11.4. The predicted octanol–water partition coefficient (Wildman–Crippen LogP) is 5.31. The van der Waals surface area contributed by atoms with Crippen LogP contribution < -0.4 is 10.6 Å². The van der Waals surface area contributed by atoms with Crippen molar-refractivity contribution in [2.75, 3.05) is 44.0 Å². The van der Waals surface area contributed by atoms with Crippen molar-refractivity contribution in [2.45, 2.75) is 32.2 Å². The first-order chi connectivity index (χ1) is 18.1. The average Bonchev–Trinajstić information content (AvgIpc) is 3.66. The highest BCUT2D eigenvalue weighted by Gasteiger charge is 2.18. The van der Waals surface area contributed by atoms with Gasteiger partial charge in [0.25, 0.3) is 0 Å². The van der Waals surface area contributed by atoms with E-state index in [-0.39, 0.29) is 0 Å². The number of hydrogen-bond donors (Lipinski definition) is 2. The second-order valence-electron chi connectivity index (χ2n) is 9.53. The van der Waals surface area contributed by atoms with Crippen molar-refractivity contribution in [3.63, 3.8) is 0 Å². The monoisotopic (exact) mass is 537 g/mol. The Morgan fingerprint density at radius 3 is 2.70 bits per heavy atom. The van der Waals surface area contributed by atoms with Gasteiger partial charge in [-0.3, -0.25) is 4.79 Å². The van der Waals surface area contributed by atoms with Crippen LogP contribution in [0, 0.1) is 5.92 Å². The zero-order chi connectivity index (χ0) is 25.6. The highest BCUT2D eigenvalue weighted by atomic mass is 32.1. The van der Waals surface area contributed by atoms with Gasteiger partial charge < -0.3 is 20.3 Å². The molecule has 3 aromatic heterocycles. The molecule has 0 amide bonds. The number of ether oxygens (including phenoxy) is 1. The number of carbonyl (C=O) groups is 1. The van der Waals surface area contributed by atoms with E-state index in [1.165, 1.54) is 30.8 Å². The number of fused-ring (bicyclic) bond motifs is 1. The van der Waals surface area contributed by atoms with Crippen LogP contribution in [0.5, 0.6) is 0 Å². The Labute approximate surface area is 224 Å². The molecule has 4 aromatic rings. The molecule has 194 valence electrons. The Morgan fingerprint density at radius 2 is 2.00 bits per heavy atom. The summed E-state index contributed by atoms with van der Waals surface area (Å²) in [6.07, 6.45) is 5.75. The molecule has 2 aliphatic rings.